The van der Waals surface area contributed by atoms with Crippen LogP contribution in [0.5, 0.6) is 0 Å². The lowest BCUT2D eigenvalue weighted by Crippen LogP contribution is -2.33. The van der Waals surface area contributed by atoms with E-state index in [4.69, 9.17) is 0 Å². The molecule has 27 heavy (non-hydrogen) atoms. The third kappa shape index (κ3) is 4.81. The first kappa shape index (κ1) is 21.7. The molecule has 0 atom stereocenters. The molecule has 0 unspecified atom stereocenters. The maximum absolute atomic E-state index is 2.44. The molecular weight excluding hydrogens is 326 g/mol. The number of pyridine rings is 1. The third-order valence-electron chi connectivity index (χ3n) is 6.75. The molecule has 2 rings (SSSR count). The Labute approximate surface area is 167 Å². The van der Waals surface area contributed by atoms with Crippen molar-refractivity contribution in [2.45, 2.75) is 90.9 Å². The number of hydrogen-bond donors (Lipinski definition) is 0. The minimum Gasteiger partial charge on any atom is -0.201 e. The van der Waals surface area contributed by atoms with Gasteiger partial charge in [-0.3, -0.25) is 0 Å². The van der Waals surface area contributed by atoms with Crippen LogP contribution in [0.1, 0.15) is 91.2 Å². The fourth-order valence-electron chi connectivity index (χ4n) is 4.08. The van der Waals surface area contributed by atoms with Crippen molar-refractivity contribution in [2.24, 2.45) is 7.05 Å². The highest BCUT2D eigenvalue weighted by Crippen LogP contribution is 2.38. The van der Waals surface area contributed by atoms with E-state index in [0.717, 1.165) is 12.8 Å². The average Bonchev–Trinajstić information content (AvgIpc) is 2.67. The van der Waals surface area contributed by atoms with Gasteiger partial charge in [-0.25, -0.2) is 4.57 Å². The van der Waals surface area contributed by atoms with Gasteiger partial charge >= 0.3 is 0 Å². The molecule has 1 aromatic carbocycles. The smallest absolute Gasteiger partial charge is 0.201 e. The monoisotopic (exact) mass is 366 g/mol. The average molecular weight is 367 g/mol. The lowest BCUT2D eigenvalue weighted by molar-refractivity contribution is -0.660. The molecule has 0 fully saturated rings. The highest BCUT2D eigenvalue weighted by molar-refractivity contribution is 5.64. The fraction of sp³-hybridized carbons (Fsp3) is 0.577. The van der Waals surface area contributed by atoms with E-state index in [1.807, 2.05) is 0 Å². The van der Waals surface area contributed by atoms with E-state index in [-0.39, 0.29) is 10.8 Å². The van der Waals surface area contributed by atoms with Gasteiger partial charge in [0.1, 0.15) is 7.05 Å². The molecular formula is C26H40N+. The summed E-state index contributed by atoms with van der Waals surface area (Å²) in [6.07, 6.45) is 9.73. The zero-order chi connectivity index (χ0) is 20.1. The SMILES string of the molecule is CCCCCC(C)(C)c1cc[n+](C)c(-c2ccccc2C(C)(CC)CC)c1. The van der Waals surface area contributed by atoms with Gasteiger partial charge in [-0.2, -0.15) is 0 Å². The van der Waals surface area contributed by atoms with Crippen LogP contribution in [0.2, 0.25) is 0 Å². The fourth-order valence-corrected chi connectivity index (χ4v) is 4.08. The summed E-state index contributed by atoms with van der Waals surface area (Å²) in [6.45, 7) is 14.1. The van der Waals surface area contributed by atoms with Gasteiger partial charge in [0, 0.05) is 17.7 Å². The van der Waals surface area contributed by atoms with E-state index in [9.17, 15) is 0 Å². The van der Waals surface area contributed by atoms with Gasteiger partial charge < -0.3 is 0 Å². The van der Waals surface area contributed by atoms with E-state index in [1.54, 1.807) is 0 Å². The molecule has 0 bridgehead atoms. The maximum Gasteiger partial charge on any atom is 0.212 e. The minimum atomic E-state index is 0.214. The second kappa shape index (κ2) is 9.04. The van der Waals surface area contributed by atoms with E-state index in [1.165, 1.54) is 48.1 Å². The topological polar surface area (TPSA) is 3.88 Å². The molecule has 0 aliphatic rings. The molecule has 0 N–H and O–H groups in total. The van der Waals surface area contributed by atoms with Crippen LogP contribution in [0.15, 0.2) is 42.6 Å². The number of nitrogens with zero attached hydrogens (tertiary/aromatic N) is 1. The molecule has 0 saturated carbocycles. The van der Waals surface area contributed by atoms with Crippen LogP contribution in [0.3, 0.4) is 0 Å². The van der Waals surface area contributed by atoms with E-state index < -0.39 is 0 Å². The summed E-state index contributed by atoms with van der Waals surface area (Å²) >= 11 is 0. The summed E-state index contributed by atoms with van der Waals surface area (Å²) in [5.74, 6) is 0. The van der Waals surface area contributed by atoms with Gasteiger partial charge in [0.15, 0.2) is 6.20 Å². The lowest BCUT2D eigenvalue weighted by Gasteiger charge is -2.29. The first-order valence-corrected chi connectivity index (χ1v) is 10.9. The molecule has 1 nitrogen and oxygen atoms in total. The van der Waals surface area contributed by atoms with Crippen molar-refractivity contribution in [3.05, 3.63) is 53.7 Å². The maximum atomic E-state index is 2.44. The molecule has 0 amide bonds. The molecule has 1 aromatic heterocycles. The number of benzene rings is 1. The summed E-state index contributed by atoms with van der Waals surface area (Å²) in [7, 11) is 2.18. The lowest BCUT2D eigenvalue weighted by atomic mass is 9.74. The summed E-state index contributed by atoms with van der Waals surface area (Å²) in [5, 5.41) is 0. The Morgan fingerprint density at radius 2 is 1.56 bits per heavy atom. The van der Waals surface area contributed by atoms with E-state index in [0.29, 0.717) is 0 Å². The van der Waals surface area contributed by atoms with Crippen LogP contribution in [0.4, 0.5) is 0 Å². The Morgan fingerprint density at radius 1 is 0.889 bits per heavy atom. The molecule has 0 spiro atoms. The van der Waals surface area contributed by atoms with Gasteiger partial charge in [0.05, 0.1) is 0 Å². The van der Waals surface area contributed by atoms with Gasteiger partial charge in [0.25, 0.3) is 0 Å². The van der Waals surface area contributed by atoms with Crippen molar-refractivity contribution >= 4 is 0 Å². The van der Waals surface area contributed by atoms with Crippen LogP contribution in [0, 0.1) is 0 Å². The predicted octanol–water partition coefficient (Wildman–Crippen LogP) is 7.11. The van der Waals surface area contributed by atoms with Crippen LogP contribution in [-0.4, -0.2) is 0 Å². The van der Waals surface area contributed by atoms with Crippen molar-refractivity contribution in [1.29, 1.82) is 0 Å². The van der Waals surface area contributed by atoms with Crippen molar-refractivity contribution < 1.29 is 4.57 Å². The Kier molecular flexibility index (Phi) is 7.25. The summed E-state index contributed by atoms with van der Waals surface area (Å²) in [4.78, 5) is 0. The van der Waals surface area contributed by atoms with Crippen molar-refractivity contribution in [3.63, 3.8) is 0 Å². The number of aromatic nitrogens is 1. The largest absolute Gasteiger partial charge is 0.212 e. The second-order valence-corrected chi connectivity index (χ2v) is 9.07. The quantitative estimate of drug-likeness (QED) is 0.329. The van der Waals surface area contributed by atoms with Gasteiger partial charge in [-0.05, 0) is 47.3 Å². The molecule has 0 saturated heterocycles. The normalized spacial score (nSPS) is 12.4. The van der Waals surface area contributed by atoms with Crippen molar-refractivity contribution in [2.75, 3.05) is 0 Å². The van der Waals surface area contributed by atoms with E-state index in [2.05, 4.69) is 95.8 Å². The molecule has 2 aromatic rings. The Morgan fingerprint density at radius 3 is 2.19 bits per heavy atom. The number of hydrogen-bond acceptors (Lipinski definition) is 0. The standard InChI is InChI=1S/C26H40N/c1-8-11-14-18-25(4,5)21-17-19-27(7)24(20-21)22-15-12-13-16-23(22)26(6,9-2)10-3/h12-13,15-17,19-20H,8-11,14,18H2,1-7H3/q+1. The Bertz CT molecular complexity index is 738. The van der Waals surface area contributed by atoms with Gasteiger partial charge in [0.2, 0.25) is 5.69 Å². The Balaban J connectivity index is 2.52. The van der Waals surface area contributed by atoms with E-state index >= 15 is 0 Å². The first-order chi connectivity index (χ1) is 12.8. The highest BCUT2D eigenvalue weighted by Gasteiger charge is 2.29. The van der Waals surface area contributed by atoms with Crippen LogP contribution in [-0.2, 0) is 17.9 Å². The van der Waals surface area contributed by atoms with Gasteiger partial charge in [-0.15, -0.1) is 0 Å². The van der Waals surface area contributed by atoms with Crippen LogP contribution < -0.4 is 4.57 Å². The first-order valence-electron chi connectivity index (χ1n) is 10.9. The molecule has 0 radical (unpaired) electrons. The minimum absolute atomic E-state index is 0.214. The third-order valence-corrected chi connectivity index (χ3v) is 6.75. The molecule has 0 aliphatic heterocycles. The molecule has 0 aliphatic carbocycles. The summed E-state index contributed by atoms with van der Waals surface area (Å²) in [5.41, 5.74) is 6.09. The predicted molar refractivity (Wildman–Crippen MR) is 118 cm³/mol. The van der Waals surface area contributed by atoms with Crippen molar-refractivity contribution in [1.82, 2.24) is 0 Å². The van der Waals surface area contributed by atoms with Crippen LogP contribution >= 0.6 is 0 Å². The summed E-state index contributed by atoms with van der Waals surface area (Å²) in [6, 6.07) is 13.8. The number of unbranched alkanes of at least 4 members (excludes halogenated alkanes) is 2. The zero-order valence-corrected chi connectivity index (χ0v) is 18.7. The van der Waals surface area contributed by atoms with Crippen molar-refractivity contribution in [3.8, 4) is 11.3 Å². The number of rotatable bonds is 9. The van der Waals surface area contributed by atoms with Gasteiger partial charge in [-0.1, -0.05) is 79.0 Å². The second-order valence-electron chi connectivity index (χ2n) is 9.07. The van der Waals surface area contributed by atoms with Crippen LogP contribution in [0.25, 0.3) is 11.3 Å². The number of aryl methyl sites for hydroxylation is 1. The Hall–Kier alpha value is -1.63. The zero-order valence-electron chi connectivity index (χ0n) is 18.7. The summed E-state index contributed by atoms with van der Waals surface area (Å²) < 4.78 is 2.29. The molecule has 148 valence electrons. The highest BCUT2D eigenvalue weighted by atomic mass is 14.9. The molecule has 1 heteroatoms. The molecule has 1 heterocycles.